The zero-order valence-corrected chi connectivity index (χ0v) is 14.7. The monoisotopic (exact) mass is 362 g/mol. The second kappa shape index (κ2) is 8.28. The van der Waals surface area contributed by atoms with Crippen LogP contribution in [0.25, 0.3) is 5.69 Å². The molecule has 0 aliphatic carbocycles. The molecule has 0 atom stereocenters. The van der Waals surface area contributed by atoms with Gasteiger partial charge in [0.1, 0.15) is 5.82 Å². The molecule has 0 aliphatic rings. The molecule has 0 bridgehead atoms. The number of hydrogen-bond donors (Lipinski definition) is 1. The SMILES string of the molecule is CCOC(=O)NC(=O)COC(=O)c1cc(C)n(-c2ccc(F)cc2)c1C. The van der Waals surface area contributed by atoms with Crippen LogP contribution >= 0.6 is 0 Å². The maximum Gasteiger partial charge on any atom is 0.413 e. The Labute approximate surface area is 149 Å². The molecule has 0 fully saturated rings. The Balaban J connectivity index is 2.08. The molecule has 7 nitrogen and oxygen atoms in total. The molecular formula is C18H19FN2O5. The summed E-state index contributed by atoms with van der Waals surface area (Å²) in [5, 5.41) is 1.93. The van der Waals surface area contributed by atoms with E-state index in [1.54, 1.807) is 43.5 Å². The molecule has 2 amide bonds. The summed E-state index contributed by atoms with van der Waals surface area (Å²) in [6.45, 7) is 4.61. The second-order valence-electron chi connectivity index (χ2n) is 5.44. The third-order valence-electron chi connectivity index (χ3n) is 3.59. The molecule has 0 saturated carbocycles. The Kier molecular flexibility index (Phi) is 6.11. The van der Waals surface area contributed by atoms with Crippen molar-refractivity contribution in [1.29, 1.82) is 0 Å². The van der Waals surface area contributed by atoms with Gasteiger partial charge in [0, 0.05) is 17.1 Å². The lowest BCUT2D eigenvalue weighted by molar-refractivity contribution is -0.123. The Morgan fingerprint density at radius 3 is 2.38 bits per heavy atom. The Morgan fingerprint density at radius 2 is 1.77 bits per heavy atom. The zero-order chi connectivity index (χ0) is 19.3. The first-order valence-electron chi connectivity index (χ1n) is 7.92. The molecule has 0 spiro atoms. The van der Waals surface area contributed by atoms with Gasteiger partial charge in [0.05, 0.1) is 12.2 Å². The quantitative estimate of drug-likeness (QED) is 0.827. The molecule has 8 heteroatoms. The molecule has 1 heterocycles. The van der Waals surface area contributed by atoms with Gasteiger partial charge in [-0.15, -0.1) is 0 Å². The van der Waals surface area contributed by atoms with Gasteiger partial charge in [-0.05, 0) is 51.1 Å². The summed E-state index contributed by atoms with van der Waals surface area (Å²) >= 11 is 0. The van der Waals surface area contributed by atoms with Crippen LogP contribution in [0.4, 0.5) is 9.18 Å². The maximum atomic E-state index is 13.1. The van der Waals surface area contributed by atoms with Crippen molar-refractivity contribution in [3.8, 4) is 5.69 Å². The van der Waals surface area contributed by atoms with Gasteiger partial charge in [-0.3, -0.25) is 10.1 Å². The Hall–Kier alpha value is -3.16. The van der Waals surface area contributed by atoms with Crippen molar-refractivity contribution in [1.82, 2.24) is 9.88 Å². The van der Waals surface area contributed by atoms with Crippen LogP contribution < -0.4 is 5.32 Å². The standard InChI is InChI=1S/C18H19FN2O5/c1-4-25-18(24)20-16(22)10-26-17(23)15-9-11(2)21(12(15)3)14-7-5-13(19)6-8-14/h5-9H,4,10H2,1-3H3,(H,20,22,24). The van der Waals surface area contributed by atoms with Gasteiger partial charge in [-0.25, -0.2) is 14.0 Å². The van der Waals surface area contributed by atoms with Gasteiger partial charge in [-0.1, -0.05) is 0 Å². The lowest BCUT2D eigenvalue weighted by atomic mass is 10.2. The number of carbonyl (C=O) groups excluding carboxylic acids is 3. The molecule has 0 aliphatic heterocycles. The van der Waals surface area contributed by atoms with Crippen LogP contribution in [-0.2, 0) is 14.3 Å². The number of aryl methyl sites for hydroxylation is 1. The number of esters is 1. The van der Waals surface area contributed by atoms with E-state index in [1.165, 1.54) is 12.1 Å². The van der Waals surface area contributed by atoms with Crippen molar-refractivity contribution in [2.24, 2.45) is 0 Å². The van der Waals surface area contributed by atoms with E-state index in [0.717, 1.165) is 5.69 Å². The summed E-state index contributed by atoms with van der Waals surface area (Å²) in [4.78, 5) is 34.9. The number of rotatable bonds is 5. The number of hydrogen-bond acceptors (Lipinski definition) is 5. The first-order chi connectivity index (χ1) is 12.3. The van der Waals surface area contributed by atoms with E-state index in [1.807, 2.05) is 5.32 Å². The number of amides is 2. The minimum atomic E-state index is -0.900. The van der Waals surface area contributed by atoms with E-state index in [2.05, 4.69) is 4.74 Å². The minimum Gasteiger partial charge on any atom is -0.452 e. The zero-order valence-electron chi connectivity index (χ0n) is 14.7. The summed E-state index contributed by atoms with van der Waals surface area (Å²) in [5.74, 6) is -1.85. The molecule has 1 aromatic carbocycles. The van der Waals surface area contributed by atoms with Gasteiger partial charge < -0.3 is 14.0 Å². The van der Waals surface area contributed by atoms with Crippen molar-refractivity contribution < 1.29 is 28.2 Å². The minimum absolute atomic E-state index is 0.119. The van der Waals surface area contributed by atoms with E-state index >= 15 is 0 Å². The largest absolute Gasteiger partial charge is 0.452 e. The van der Waals surface area contributed by atoms with Crippen molar-refractivity contribution >= 4 is 18.0 Å². The predicted octanol–water partition coefficient (Wildman–Crippen LogP) is 2.66. The number of benzene rings is 1. The van der Waals surface area contributed by atoms with Crippen molar-refractivity contribution in [3.05, 3.63) is 53.1 Å². The average Bonchev–Trinajstić information content (AvgIpc) is 2.88. The first kappa shape index (κ1) is 19.2. The highest BCUT2D eigenvalue weighted by atomic mass is 19.1. The number of aromatic nitrogens is 1. The fourth-order valence-corrected chi connectivity index (χ4v) is 2.48. The summed E-state index contributed by atoms with van der Waals surface area (Å²) < 4.78 is 24.4. The van der Waals surface area contributed by atoms with E-state index in [4.69, 9.17) is 4.74 Å². The number of nitrogens with zero attached hydrogens (tertiary/aromatic N) is 1. The average molecular weight is 362 g/mol. The Bertz CT molecular complexity index is 827. The molecule has 1 N–H and O–H groups in total. The van der Waals surface area contributed by atoms with Crippen molar-refractivity contribution in [2.45, 2.75) is 20.8 Å². The lowest BCUT2D eigenvalue weighted by Crippen LogP contribution is -2.34. The molecule has 138 valence electrons. The highest BCUT2D eigenvalue weighted by Crippen LogP contribution is 2.21. The van der Waals surface area contributed by atoms with Crippen molar-refractivity contribution in [2.75, 3.05) is 13.2 Å². The number of alkyl carbamates (subject to hydrolysis) is 1. The number of carbonyl (C=O) groups is 3. The van der Waals surface area contributed by atoms with Gasteiger partial charge in [0.15, 0.2) is 6.61 Å². The van der Waals surface area contributed by atoms with Crippen LogP contribution in [0.2, 0.25) is 0 Å². The number of imide groups is 1. The summed E-state index contributed by atoms with van der Waals surface area (Å²) in [5.41, 5.74) is 2.30. The number of halogens is 1. The highest BCUT2D eigenvalue weighted by molar-refractivity contribution is 5.96. The fourth-order valence-electron chi connectivity index (χ4n) is 2.48. The molecule has 2 aromatic rings. The van der Waals surface area contributed by atoms with Gasteiger partial charge in [0.2, 0.25) is 0 Å². The smallest absolute Gasteiger partial charge is 0.413 e. The highest BCUT2D eigenvalue weighted by Gasteiger charge is 2.19. The predicted molar refractivity (Wildman–Crippen MR) is 90.6 cm³/mol. The van der Waals surface area contributed by atoms with E-state index < -0.39 is 24.6 Å². The number of nitrogens with one attached hydrogen (secondary N) is 1. The van der Waals surface area contributed by atoms with Crippen LogP contribution in [0, 0.1) is 19.7 Å². The molecule has 0 saturated heterocycles. The lowest BCUT2D eigenvalue weighted by Gasteiger charge is -2.10. The van der Waals surface area contributed by atoms with Crippen LogP contribution in [-0.4, -0.2) is 35.8 Å². The van der Waals surface area contributed by atoms with Gasteiger partial charge in [0.25, 0.3) is 5.91 Å². The third kappa shape index (κ3) is 4.47. The molecule has 2 rings (SSSR count). The number of ether oxygens (including phenoxy) is 2. The third-order valence-corrected chi connectivity index (χ3v) is 3.59. The van der Waals surface area contributed by atoms with E-state index in [9.17, 15) is 18.8 Å². The molecule has 1 aromatic heterocycles. The van der Waals surface area contributed by atoms with E-state index in [0.29, 0.717) is 11.4 Å². The summed E-state index contributed by atoms with van der Waals surface area (Å²) in [6, 6.07) is 7.45. The topological polar surface area (TPSA) is 86.6 Å². The van der Waals surface area contributed by atoms with Crippen LogP contribution in [0.15, 0.2) is 30.3 Å². The molecule has 0 unspecified atom stereocenters. The molecular weight excluding hydrogens is 343 g/mol. The summed E-state index contributed by atoms with van der Waals surface area (Å²) in [7, 11) is 0. The van der Waals surface area contributed by atoms with Crippen LogP contribution in [0.3, 0.4) is 0 Å². The van der Waals surface area contributed by atoms with Gasteiger partial charge in [-0.2, -0.15) is 0 Å². The molecule has 0 radical (unpaired) electrons. The fraction of sp³-hybridized carbons (Fsp3) is 0.278. The van der Waals surface area contributed by atoms with E-state index in [-0.39, 0.29) is 18.0 Å². The normalized spacial score (nSPS) is 10.3. The Morgan fingerprint density at radius 1 is 1.12 bits per heavy atom. The van der Waals surface area contributed by atoms with Crippen LogP contribution in [0.1, 0.15) is 28.7 Å². The maximum absolute atomic E-state index is 13.1. The second-order valence-corrected chi connectivity index (χ2v) is 5.44. The summed E-state index contributed by atoms with van der Waals surface area (Å²) in [6.07, 6.45) is -0.900. The van der Waals surface area contributed by atoms with Crippen LogP contribution in [0.5, 0.6) is 0 Å². The molecule has 26 heavy (non-hydrogen) atoms. The van der Waals surface area contributed by atoms with Gasteiger partial charge >= 0.3 is 12.1 Å². The van der Waals surface area contributed by atoms with Crippen molar-refractivity contribution in [3.63, 3.8) is 0 Å². The first-order valence-corrected chi connectivity index (χ1v) is 7.92.